The van der Waals surface area contributed by atoms with Crippen molar-refractivity contribution in [1.29, 1.82) is 0 Å². The standard InChI is InChI=1S/C58H39Si/c59-58(40-31-25-37(26-32-40)55-49-19-7-1-13-43(49)44-14-2-8-20-50(44)55,41-33-27-38(28-34-41)56-51-21-9-3-15-45(51)46-16-4-10-22-52(46)56)42-35-29-39(30-36-42)57-53-23-11-5-17-47(53)48-18-6-12-24-54(48)57/h1-36,55-57H. The maximum absolute atomic E-state index is 4.57. The summed E-state index contributed by atoms with van der Waals surface area (Å²) in [4.78, 5) is 0. The van der Waals surface area contributed by atoms with Crippen molar-refractivity contribution >= 4 is 10.2 Å². The summed E-state index contributed by atoms with van der Waals surface area (Å²) in [5.41, 5.74) is 23.8. The van der Waals surface area contributed by atoms with E-state index in [0.29, 0.717) is 0 Å². The van der Waals surface area contributed by atoms with Gasteiger partial charge >= 0.3 is 0 Å². The predicted molar refractivity (Wildman–Crippen MR) is 243 cm³/mol. The van der Waals surface area contributed by atoms with Gasteiger partial charge < -0.3 is 0 Å². The average Bonchev–Trinajstić information content (AvgIpc) is 3.95. The molecule has 9 aromatic carbocycles. The molecule has 9 aromatic rings. The monoisotopic (exact) mass is 763 g/mol. The highest BCUT2D eigenvalue weighted by atomic mass is 28.1. The lowest BCUT2D eigenvalue weighted by molar-refractivity contribution is 0.867. The highest BCUT2D eigenvalue weighted by molar-refractivity contribution is 6.20. The minimum Gasteiger partial charge on any atom is -0.0619 e. The van der Waals surface area contributed by atoms with Gasteiger partial charge in [-0.1, -0.05) is 218 Å². The fraction of sp³-hybridized carbons (Fsp3) is 0.0690. The van der Waals surface area contributed by atoms with Crippen molar-refractivity contribution in [2.75, 3.05) is 0 Å². The van der Waals surface area contributed by atoms with E-state index in [2.05, 4.69) is 229 Å². The van der Waals surface area contributed by atoms with Gasteiger partial charge in [-0.25, -0.2) is 0 Å². The second-order valence-electron chi connectivity index (χ2n) is 16.4. The third kappa shape index (κ3) is 5.14. The molecule has 1 heteroatoms. The summed E-state index contributed by atoms with van der Waals surface area (Å²) in [6.45, 7) is 0. The van der Waals surface area contributed by atoms with Crippen molar-refractivity contribution in [2.24, 2.45) is 0 Å². The van der Waals surface area contributed by atoms with Gasteiger partial charge in [-0.3, -0.25) is 0 Å². The second kappa shape index (κ2) is 13.4. The van der Waals surface area contributed by atoms with E-state index in [0.717, 1.165) is 0 Å². The minimum absolute atomic E-state index is 0.202. The van der Waals surface area contributed by atoms with Crippen molar-refractivity contribution in [3.63, 3.8) is 0 Å². The van der Waals surface area contributed by atoms with Crippen molar-refractivity contribution in [1.82, 2.24) is 0 Å². The van der Waals surface area contributed by atoms with Crippen LogP contribution in [0.25, 0.3) is 33.4 Å². The summed E-state index contributed by atoms with van der Waals surface area (Å²) < 4.78 is 0. The van der Waals surface area contributed by atoms with Gasteiger partial charge in [0.1, 0.15) is 0 Å². The number of benzene rings is 9. The van der Waals surface area contributed by atoms with E-state index in [4.69, 9.17) is 0 Å². The van der Waals surface area contributed by atoms with Crippen LogP contribution in [0.5, 0.6) is 0 Å². The largest absolute Gasteiger partial charge is 0.0619 e. The van der Waals surface area contributed by atoms with Crippen molar-refractivity contribution in [2.45, 2.75) is 22.8 Å². The van der Waals surface area contributed by atoms with Crippen LogP contribution in [0.4, 0.5) is 0 Å². The van der Waals surface area contributed by atoms with Gasteiger partial charge in [0.25, 0.3) is 0 Å². The van der Waals surface area contributed by atoms with E-state index in [9.17, 15) is 0 Å². The quantitative estimate of drug-likeness (QED) is 0.117. The Kier molecular flexibility index (Phi) is 7.77. The zero-order valence-electron chi connectivity index (χ0n) is 32.5. The summed E-state index contributed by atoms with van der Waals surface area (Å²) in [5, 5.41) is -0.599. The first-order valence-electron chi connectivity index (χ1n) is 20.8. The van der Waals surface area contributed by atoms with Gasteiger partial charge in [0.05, 0.1) is 10.2 Å². The Morgan fingerprint density at radius 3 is 0.627 bits per heavy atom. The molecule has 0 bridgehead atoms. The van der Waals surface area contributed by atoms with E-state index >= 15 is 0 Å². The van der Waals surface area contributed by atoms with E-state index in [1.165, 1.54) is 100 Å². The third-order valence-electron chi connectivity index (χ3n) is 13.5. The Balaban J connectivity index is 0.968. The van der Waals surface area contributed by atoms with Gasteiger partial charge in [-0.15, -0.1) is 0 Å². The molecule has 3 aliphatic rings. The van der Waals surface area contributed by atoms with E-state index in [1.54, 1.807) is 0 Å². The van der Waals surface area contributed by atoms with Crippen LogP contribution in [0.1, 0.15) is 84.5 Å². The lowest BCUT2D eigenvalue weighted by Gasteiger charge is -2.33. The normalized spacial score (nSPS) is 14.0. The maximum Gasteiger partial charge on any atom is 0.0510 e. The Morgan fingerprint density at radius 2 is 0.424 bits per heavy atom. The molecule has 0 fully saturated rings. The molecule has 0 saturated carbocycles. The van der Waals surface area contributed by atoms with Gasteiger partial charge in [-0.05, 0) is 100 Å². The van der Waals surface area contributed by atoms with Crippen molar-refractivity contribution < 1.29 is 0 Å². The number of hydrogen-bond acceptors (Lipinski definition) is 0. The highest BCUT2D eigenvalue weighted by Gasteiger charge is 2.36. The summed E-state index contributed by atoms with van der Waals surface area (Å²) in [6, 6.07) is 81.6. The molecule has 3 radical (unpaired) electrons. The first-order chi connectivity index (χ1) is 29.2. The van der Waals surface area contributed by atoms with Gasteiger partial charge in [-0.2, -0.15) is 0 Å². The van der Waals surface area contributed by atoms with Crippen molar-refractivity contribution in [3.05, 3.63) is 285 Å². The van der Waals surface area contributed by atoms with Crippen LogP contribution in [-0.2, 0) is 5.04 Å². The molecule has 0 spiro atoms. The summed E-state index contributed by atoms with van der Waals surface area (Å²) in [6.07, 6.45) is 0. The fourth-order valence-electron chi connectivity index (χ4n) is 10.8. The molecule has 0 amide bonds. The molecule has 0 nitrogen and oxygen atoms in total. The van der Waals surface area contributed by atoms with Crippen LogP contribution in [0.2, 0.25) is 0 Å². The minimum atomic E-state index is -0.599. The Morgan fingerprint density at radius 1 is 0.237 bits per heavy atom. The topological polar surface area (TPSA) is 0 Å². The molecular formula is C58H39Si. The molecule has 12 rings (SSSR count). The molecule has 0 N–H and O–H groups in total. The third-order valence-corrected chi connectivity index (χ3v) is 14.4. The molecule has 0 heterocycles. The van der Waals surface area contributed by atoms with E-state index < -0.39 is 5.04 Å². The van der Waals surface area contributed by atoms with Crippen LogP contribution in [0, 0.1) is 0 Å². The average molecular weight is 764 g/mol. The predicted octanol–water partition coefficient (Wildman–Crippen LogP) is 13.6. The lowest BCUT2D eigenvalue weighted by atomic mass is 9.80. The van der Waals surface area contributed by atoms with E-state index in [-0.39, 0.29) is 17.8 Å². The fourth-order valence-corrected chi connectivity index (χ4v) is 11.3. The Hall–Kier alpha value is -6.80. The smallest absolute Gasteiger partial charge is 0.0510 e. The van der Waals surface area contributed by atoms with Gasteiger partial charge in [0, 0.05) is 22.8 Å². The van der Waals surface area contributed by atoms with Gasteiger partial charge in [0.15, 0.2) is 0 Å². The molecule has 0 saturated heterocycles. The first kappa shape index (κ1) is 34.3. The van der Waals surface area contributed by atoms with Crippen molar-refractivity contribution in [3.8, 4) is 33.4 Å². The second-order valence-corrected chi connectivity index (χ2v) is 17.2. The SMILES string of the molecule is [Si]C(c1ccc(C2c3ccccc3-c3ccccc32)cc1)(c1ccc(C2c3ccccc3-c3ccccc32)cc1)c1ccc(C2c3ccccc3-c3ccccc32)cc1. The zero-order chi connectivity index (χ0) is 39.1. The number of rotatable bonds is 6. The molecule has 0 atom stereocenters. The molecule has 0 unspecified atom stereocenters. The molecule has 0 aromatic heterocycles. The molecule has 0 aliphatic heterocycles. The maximum atomic E-state index is 4.57. The lowest BCUT2D eigenvalue weighted by Crippen LogP contribution is -2.30. The highest BCUT2D eigenvalue weighted by Crippen LogP contribution is 2.51. The van der Waals surface area contributed by atoms with Crippen LogP contribution in [0.3, 0.4) is 0 Å². The van der Waals surface area contributed by atoms with Crippen LogP contribution in [-0.4, -0.2) is 10.2 Å². The van der Waals surface area contributed by atoms with Crippen LogP contribution in [0.15, 0.2) is 218 Å². The first-order valence-corrected chi connectivity index (χ1v) is 21.3. The van der Waals surface area contributed by atoms with Crippen LogP contribution >= 0.6 is 0 Å². The Bertz CT molecular complexity index is 2590. The summed E-state index contributed by atoms with van der Waals surface area (Å²) >= 11 is 0. The summed E-state index contributed by atoms with van der Waals surface area (Å²) in [5.74, 6) is 0.607. The summed E-state index contributed by atoms with van der Waals surface area (Å²) in [7, 11) is 4.57. The van der Waals surface area contributed by atoms with Crippen LogP contribution < -0.4 is 0 Å². The molecule has 3 aliphatic carbocycles. The number of hydrogen-bond donors (Lipinski definition) is 0. The number of fused-ring (bicyclic) bond motifs is 9. The molecule has 275 valence electrons. The molecule has 59 heavy (non-hydrogen) atoms. The van der Waals surface area contributed by atoms with E-state index in [1.807, 2.05) is 0 Å². The Labute approximate surface area is 350 Å². The van der Waals surface area contributed by atoms with Gasteiger partial charge in [0.2, 0.25) is 0 Å². The zero-order valence-corrected chi connectivity index (χ0v) is 33.5. The molecular weight excluding hydrogens is 725 g/mol.